The zero-order valence-corrected chi connectivity index (χ0v) is 14.5. The van der Waals surface area contributed by atoms with E-state index in [1.807, 2.05) is 6.07 Å². The van der Waals surface area contributed by atoms with Gasteiger partial charge in [-0.05, 0) is 28.1 Å². The van der Waals surface area contributed by atoms with Crippen molar-refractivity contribution < 1.29 is 9.84 Å². The third-order valence-corrected chi connectivity index (χ3v) is 4.28. The van der Waals surface area contributed by atoms with E-state index in [-0.39, 0.29) is 11.2 Å². The van der Waals surface area contributed by atoms with Crippen LogP contribution in [-0.2, 0) is 0 Å². The highest BCUT2D eigenvalue weighted by Crippen LogP contribution is 2.30. The van der Waals surface area contributed by atoms with Crippen LogP contribution in [0.4, 0.5) is 0 Å². The quantitative estimate of drug-likeness (QED) is 0.654. The molecule has 2 N–H and O–H groups in total. The number of fused-ring (bicyclic) bond motifs is 1. The molecule has 0 fully saturated rings. The molecule has 0 aliphatic heterocycles. The van der Waals surface area contributed by atoms with Crippen LogP contribution in [-0.4, -0.2) is 22.2 Å². The molecule has 0 aliphatic rings. The minimum absolute atomic E-state index is 0.0560. The van der Waals surface area contributed by atoms with Crippen molar-refractivity contribution >= 4 is 42.8 Å². The summed E-state index contributed by atoms with van der Waals surface area (Å²) in [6.07, 6.45) is 1.29. The molecule has 0 amide bonds. The highest BCUT2D eigenvalue weighted by molar-refractivity contribution is 9.11. The molecular weight excluding hydrogens is 416 g/mol. The van der Waals surface area contributed by atoms with Gasteiger partial charge in [-0.2, -0.15) is 0 Å². The number of H-pyrrole nitrogens is 1. The number of methoxy groups -OCH3 is 1. The molecule has 0 spiro atoms. The lowest BCUT2D eigenvalue weighted by Gasteiger charge is -2.08. The summed E-state index contributed by atoms with van der Waals surface area (Å²) < 4.78 is 6.65. The number of hydrogen-bond donors (Lipinski definition) is 2. The Balaban J connectivity index is 2.27. The van der Waals surface area contributed by atoms with Gasteiger partial charge in [0.15, 0.2) is 16.9 Å². The molecule has 0 atom stereocenters. The first-order chi connectivity index (χ1) is 10.5. The molecule has 112 valence electrons. The normalized spacial score (nSPS) is 10.9. The van der Waals surface area contributed by atoms with Crippen molar-refractivity contribution in [1.82, 2.24) is 9.97 Å². The molecule has 7 heteroatoms. The summed E-state index contributed by atoms with van der Waals surface area (Å²) in [6.45, 7) is 0. The van der Waals surface area contributed by atoms with Gasteiger partial charge in [-0.15, -0.1) is 0 Å². The summed E-state index contributed by atoms with van der Waals surface area (Å²) in [4.78, 5) is 19.6. The summed E-state index contributed by atoms with van der Waals surface area (Å²) >= 11 is 6.81. The van der Waals surface area contributed by atoms with Crippen molar-refractivity contribution in [3.8, 4) is 22.9 Å². The maximum Gasteiger partial charge on any atom is 0.190 e. The average molecular weight is 426 g/mol. The lowest BCUT2D eigenvalue weighted by atomic mass is 10.1. The molecule has 0 bridgehead atoms. The van der Waals surface area contributed by atoms with Crippen LogP contribution in [0.3, 0.4) is 0 Å². The summed E-state index contributed by atoms with van der Waals surface area (Å²) in [5, 5.41) is 10.2. The van der Waals surface area contributed by atoms with Crippen LogP contribution in [0.25, 0.3) is 22.3 Å². The van der Waals surface area contributed by atoms with E-state index in [1.165, 1.54) is 19.4 Å². The number of nitrogens with one attached hydrogen (secondary N) is 1. The van der Waals surface area contributed by atoms with E-state index in [0.29, 0.717) is 28.0 Å². The summed E-state index contributed by atoms with van der Waals surface area (Å²) in [5.74, 6) is 0.236. The lowest BCUT2D eigenvalue weighted by Crippen LogP contribution is -2.04. The standard InChI is InChI=1S/C15H10Br2N2O3/c1-22-14-5-10(18-6-13(14)21)11-4-12(20)8-2-7(16)3-9(17)15(8)19-11/h2-6,21H,1H3,(H,19,20). The van der Waals surface area contributed by atoms with Gasteiger partial charge < -0.3 is 14.8 Å². The molecule has 2 heterocycles. The van der Waals surface area contributed by atoms with Crippen molar-refractivity contribution in [2.45, 2.75) is 0 Å². The molecule has 0 aliphatic carbocycles. The molecule has 5 nitrogen and oxygen atoms in total. The number of nitrogens with zero attached hydrogens (tertiary/aromatic N) is 1. The average Bonchev–Trinajstić information content (AvgIpc) is 2.48. The summed E-state index contributed by atoms with van der Waals surface area (Å²) in [7, 11) is 1.45. The number of ether oxygens (including phenoxy) is 1. The van der Waals surface area contributed by atoms with Gasteiger partial charge in [0.2, 0.25) is 0 Å². The molecule has 0 radical (unpaired) electrons. The van der Waals surface area contributed by atoms with Crippen LogP contribution in [0.5, 0.6) is 11.5 Å². The van der Waals surface area contributed by atoms with E-state index in [0.717, 1.165) is 8.95 Å². The van der Waals surface area contributed by atoms with Crippen LogP contribution in [0.15, 0.2) is 44.2 Å². The summed E-state index contributed by atoms with van der Waals surface area (Å²) in [6, 6.07) is 6.65. The van der Waals surface area contributed by atoms with E-state index in [9.17, 15) is 9.90 Å². The number of halogens is 2. The lowest BCUT2D eigenvalue weighted by molar-refractivity contribution is 0.372. The Morgan fingerprint density at radius 1 is 1.23 bits per heavy atom. The van der Waals surface area contributed by atoms with Gasteiger partial charge in [0, 0.05) is 26.5 Å². The molecular formula is C15H10Br2N2O3. The minimum atomic E-state index is -0.125. The topological polar surface area (TPSA) is 75.2 Å². The molecule has 22 heavy (non-hydrogen) atoms. The third-order valence-electron chi connectivity index (χ3n) is 3.20. The smallest absolute Gasteiger partial charge is 0.190 e. The zero-order chi connectivity index (χ0) is 15.9. The van der Waals surface area contributed by atoms with Gasteiger partial charge >= 0.3 is 0 Å². The molecule has 0 saturated heterocycles. The Bertz CT molecular complexity index is 938. The van der Waals surface area contributed by atoms with Gasteiger partial charge in [0.05, 0.1) is 30.2 Å². The second-order valence-corrected chi connectivity index (χ2v) is 6.37. The second-order valence-electron chi connectivity index (χ2n) is 4.60. The fourth-order valence-electron chi connectivity index (χ4n) is 2.15. The first-order valence-corrected chi connectivity index (χ1v) is 7.83. The van der Waals surface area contributed by atoms with Crippen molar-refractivity contribution in [2.24, 2.45) is 0 Å². The molecule has 3 aromatic rings. The molecule has 3 rings (SSSR count). The van der Waals surface area contributed by atoms with Crippen LogP contribution < -0.4 is 10.2 Å². The Morgan fingerprint density at radius 3 is 2.73 bits per heavy atom. The fraction of sp³-hybridized carbons (Fsp3) is 0.0667. The van der Waals surface area contributed by atoms with Crippen molar-refractivity contribution in [1.29, 1.82) is 0 Å². The van der Waals surface area contributed by atoms with E-state index in [2.05, 4.69) is 41.8 Å². The third kappa shape index (κ3) is 2.62. The van der Waals surface area contributed by atoms with Crippen LogP contribution in [0.1, 0.15) is 0 Å². The van der Waals surface area contributed by atoms with Crippen LogP contribution in [0, 0.1) is 0 Å². The monoisotopic (exact) mass is 424 g/mol. The number of aromatic nitrogens is 2. The first kappa shape index (κ1) is 15.1. The van der Waals surface area contributed by atoms with Gasteiger partial charge in [-0.1, -0.05) is 15.9 Å². The molecule has 2 aromatic heterocycles. The fourth-order valence-corrected chi connectivity index (χ4v) is 3.48. The minimum Gasteiger partial charge on any atom is -0.503 e. The molecule has 0 unspecified atom stereocenters. The van der Waals surface area contributed by atoms with Crippen molar-refractivity contribution in [3.63, 3.8) is 0 Å². The molecule has 1 aromatic carbocycles. The van der Waals surface area contributed by atoms with Gasteiger partial charge in [0.25, 0.3) is 0 Å². The summed E-state index contributed by atoms with van der Waals surface area (Å²) in [5.41, 5.74) is 1.60. The van der Waals surface area contributed by atoms with E-state index < -0.39 is 0 Å². The number of benzene rings is 1. The van der Waals surface area contributed by atoms with Crippen molar-refractivity contribution in [3.05, 3.63) is 49.6 Å². The number of aromatic hydroxyl groups is 1. The highest BCUT2D eigenvalue weighted by Gasteiger charge is 2.11. The first-order valence-electron chi connectivity index (χ1n) is 6.25. The Hall–Kier alpha value is -1.86. The second kappa shape index (κ2) is 5.73. The Morgan fingerprint density at radius 2 is 2.00 bits per heavy atom. The number of pyridine rings is 2. The van der Waals surface area contributed by atoms with Crippen LogP contribution in [0.2, 0.25) is 0 Å². The predicted octanol–water partition coefficient (Wildman–Crippen LogP) is 3.83. The largest absolute Gasteiger partial charge is 0.503 e. The Kier molecular flexibility index (Phi) is 3.92. The van der Waals surface area contributed by atoms with Gasteiger partial charge in [-0.25, -0.2) is 0 Å². The van der Waals surface area contributed by atoms with Gasteiger partial charge in [0.1, 0.15) is 0 Å². The van der Waals surface area contributed by atoms with Gasteiger partial charge in [-0.3, -0.25) is 9.78 Å². The number of aromatic amines is 1. The number of hydrogen-bond acceptors (Lipinski definition) is 4. The molecule has 0 saturated carbocycles. The maximum absolute atomic E-state index is 12.3. The number of rotatable bonds is 2. The predicted molar refractivity (Wildman–Crippen MR) is 91.4 cm³/mol. The van der Waals surface area contributed by atoms with Crippen molar-refractivity contribution in [2.75, 3.05) is 7.11 Å². The van der Waals surface area contributed by atoms with E-state index in [1.54, 1.807) is 12.1 Å². The highest BCUT2D eigenvalue weighted by atomic mass is 79.9. The maximum atomic E-state index is 12.3. The Labute approximate surface area is 142 Å². The van der Waals surface area contributed by atoms with E-state index in [4.69, 9.17) is 4.74 Å². The van der Waals surface area contributed by atoms with E-state index >= 15 is 0 Å². The SMILES string of the molecule is COc1cc(-c2cc(=O)c3cc(Br)cc(Br)c3[nH]2)ncc1O. The zero-order valence-electron chi connectivity index (χ0n) is 11.4. The van der Waals surface area contributed by atoms with Crippen LogP contribution >= 0.6 is 31.9 Å².